The molecule has 0 bridgehead atoms. The van der Waals surface area contributed by atoms with E-state index in [1.165, 1.54) is 0 Å². The summed E-state index contributed by atoms with van der Waals surface area (Å²) in [6, 6.07) is 11.7. The summed E-state index contributed by atoms with van der Waals surface area (Å²) in [5.74, 6) is 0.569. The first kappa shape index (κ1) is 11.2. The number of hydrogen-bond acceptors (Lipinski definition) is 3. The highest BCUT2D eigenvalue weighted by Gasteiger charge is 2.05. The number of nitrogens with zero attached hydrogens (tertiary/aromatic N) is 2. The van der Waals surface area contributed by atoms with Crippen molar-refractivity contribution in [1.29, 1.82) is 5.26 Å². The highest BCUT2D eigenvalue weighted by atomic mass is 16.5. The summed E-state index contributed by atoms with van der Waals surface area (Å²) in [5, 5.41) is 9.11. The van der Waals surface area contributed by atoms with Crippen molar-refractivity contribution in [2.45, 2.75) is 6.92 Å². The lowest BCUT2D eigenvalue weighted by Gasteiger charge is -2.05. The van der Waals surface area contributed by atoms with Crippen molar-refractivity contribution in [3.8, 4) is 23.1 Å². The Kier molecular flexibility index (Phi) is 3.06. The molecule has 2 aromatic rings. The standard InChI is InChI=1S/C14H12N2O/c1-10-3-5-13(12(7-10)8-15)11-4-6-14(17-2)16-9-11/h3-7,9H,1-2H3. The number of methoxy groups -OCH3 is 1. The van der Waals surface area contributed by atoms with E-state index in [0.29, 0.717) is 11.4 Å². The van der Waals surface area contributed by atoms with Gasteiger partial charge < -0.3 is 4.74 Å². The zero-order chi connectivity index (χ0) is 12.3. The monoisotopic (exact) mass is 224 g/mol. The van der Waals surface area contributed by atoms with Crippen LogP contribution in [0, 0.1) is 18.3 Å². The zero-order valence-corrected chi connectivity index (χ0v) is 9.77. The molecule has 0 radical (unpaired) electrons. The molecule has 0 aliphatic rings. The van der Waals surface area contributed by atoms with Crippen LogP contribution in [0.15, 0.2) is 36.5 Å². The summed E-state index contributed by atoms with van der Waals surface area (Å²) >= 11 is 0. The molecule has 1 aromatic heterocycles. The lowest BCUT2D eigenvalue weighted by atomic mass is 10.00. The van der Waals surface area contributed by atoms with Crippen molar-refractivity contribution in [2.75, 3.05) is 7.11 Å². The first-order valence-electron chi connectivity index (χ1n) is 5.26. The minimum atomic E-state index is 0.569. The molecule has 84 valence electrons. The molecular formula is C14H12N2O. The molecule has 0 saturated carbocycles. The fourth-order valence-corrected chi connectivity index (χ4v) is 1.66. The fourth-order valence-electron chi connectivity index (χ4n) is 1.66. The van der Waals surface area contributed by atoms with Gasteiger partial charge in [0.25, 0.3) is 0 Å². The highest BCUT2D eigenvalue weighted by Crippen LogP contribution is 2.24. The van der Waals surface area contributed by atoms with Gasteiger partial charge in [0, 0.05) is 23.4 Å². The van der Waals surface area contributed by atoms with Crippen LogP contribution in [0.5, 0.6) is 5.88 Å². The van der Waals surface area contributed by atoms with Gasteiger partial charge in [0.2, 0.25) is 5.88 Å². The first-order valence-corrected chi connectivity index (χ1v) is 5.26. The van der Waals surface area contributed by atoms with Crippen LogP contribution >= 0.6 is 0 Å². The Bertz CT molecular complexity index is 568. The van der Waals surface area contributed by atoms with Crippen LogP contribution in [-0.2, 0) is 0 Å². The van der Waals surface area contributed by atoms with Crippen LogP contribution < -0.4 is 4.74 Å². The van der Waals surface area contributed by atoms with E-state index in [2.05, 4.69) is 11.1 Å². The molecule has 0 aliphatic heterocycles. The van der Waals surface area contributed by atoms with Gasteiger partial charge >= 0.3 is 0 Å². The predicted molar refractivity (Wildman–Crippen MR) is 65.7 cm³/mol. The highest BCUT2D eigenvalue weighted by molar-refractivity contribution is 5.70. The number of benzene rings is 1. The van der Waals surface area contributed by atoms with E-state index >= 15 is 0 Å². The van der Waals surface area contributed by atoms with Crippen LogP contribution in [0.3, 0.4) is 0 Å². The van der Waals surface area contributed by atoms with Crippen molar-refractivity contribution >= 4 is 0 Å². The van der Waals surface area contributed by atoms with Crippen molar-refractivity contribution < 1.29 is 4.74 Å². The van der Waals surface area contributed by atoms with Gasteiger partial charge in [0.15, 0.2) is 0 Å². The van der Waals surface area contributed by atoms with Gasteiger partial charge in [-0.05, 0) is 24.6 Å². The Labute approximate surface area is 100 Å². The largest absolute Gasteiger partial charge is 0.481 e. The lowest BCUT2D eigenvalue weighted by molar-refractivity contribution is 0.398. The Hall–Kier alpha value is -2.34. The second-order valence-electron chi connectivity index (χ2n) is 3.75. The summed E-state index contributed by atoms with van der Waals surface area (Å²) in [4.78, 5) is 4.14. The third-order valence-corrected chi connectivity index (χ3v) is 2.55. The molecule has 1 heterocycles. The second-order valence-corrected chi connectivity index (χ2v) is 3.75. The number of rotatable bonds is 2. The molecule has 2 rings (SSSR count). The fraction of sp³-hybridized carbons (Fsp3) is 0.143. The van der Waals surface area contributed by atoms with Gasteiger partial charge in [-0.3, -0.25) is 0 Å². The maximum atomic E-state index is 9.11. The maximum Gasteiger partial charge on any atom is 0.212 e. The molecule has 0 amide bonds. The van der Waals surface area contributed by atoms with E-state index < -0.39 is 0 Å². The molecule has 0 fully saturated rings. The minimum Gasteiger partial charge on any atom is -0.481 e. The van der Waals surface area contributed by atoms with E-state index in [1.54, 1.807) is 19.4 Å². The van der Waals surface area contributed by atoms with Gasteiger partial charge in [-0.2, -0.15) is 5.26 Å². The molecule has 0 saturated heterocycles. The third-order valence-electron chi connectivity index (χ3n) is 2.55. The number of aryl methyl sites for hydroxylation is 1. The molecule has 17 heavy (non-hydrogen) atoms. The van der Waals surface area contributed by atoms with E-state index in [9.17, 15) is 0 Å². The maximum absolute atomic E-state index is 9.11. The van der Waals surface area contributed by atoms with Gasteiger partial charge in [-0.1, -0.05) is 12.1 Å². The summed E-state index contributed by atoms with van der Waals surface area (Å²) in [7, 11) is 1.58. The van der Waals surface area contributed by atoms with Gasteiger partial charge in [-0.25, -0.2) is 4.98 Å². The molecule has 0 N–H and O–H groups in total. The second kappa shape index (κ2) is 4.67. The summed E-state index contributed by atoms with van der Waals surface area (Å²) < 4.78 is 5.00. The molecule has 0 atom stereocenters. The number of ether oxygens (including phenoxy) is 1. The van der Waals surface area contributed by atoms with Crippen LogP contribution in [-0.4, -0.2) is 12.1 Å². The number of hydrogen-bond donors (Lipinski definition) is 0. The van der Waals surface area contributed by atoms with E-state index in [4.69, 9.17) is 10.00 Å². The van der Waals surface area contributed by atoms with E-state index in [0.717, 1.165) is 16.7 Å². The van der Waals surface area contributed by atoms with Gasteiger partial charge in [0.05, 0.1) is 18.7 Å². The van der Waals surface area contributed by atoms with E-state index in [-0.39, 0.29) is 0 Å². The Morgan fingerprint density at radius 2 is 2.06 bits per heavy atom. The number of nitriles is 1. The Morgan fingerprint density at radius 1 is 1.24 bits per heavy atom. The Balaban J connectivity index is 2.49. The van der Waals surface area contributed by atoms with Crippen molar-refractivity contribution in [3.63, 3.8) is 0 Å². The average Bonchev–Trinajstić information content (AvgIpc) is 2.39. The summed E-state index contributed by atoms with van der Waals surface area (Å²) in [6.07, 6.45) is 1.71. The van der Waals surface area contributed by atoms with Crippen molar-refractivity contribution in [3.05, 3.63) is 47.7 Å². The van der Waals surface area contributed by atoms with Crippen LogP contribution in [0.1, 0.15) is 11.1 Å². The topological polar surface area (TPSA) is 45.9 Å². The SMILES string of the molecule is COc1ccc(-c2ccc(C)cc2C#N)cn1. The minimum absolute atomic E-state index is 0.569. The van der Waals surface area contributed by atoms with Crippen molar-refractivity contribution in [2.24, 2.45) is 0 Å². The van der Waals surface area contributed by atoms with Crippen LogP contribution in [0.25, 0.3) is 11.1 Å². The summed E-state index contributed by atoms with van der Waals surface area (Å²) in [5.41, 5.74) is 3.55. The van der Waals surface area contributed by atoms with E-state index in [1.807, 2.05) is 31.2 Å². The molecule has 3 nitrogen and oxygen atoms in total. The number of pyridine rings is 1. The summed E-state index contributed by atoms with van der Waals surface area (Å²) in [6.45, 7) is 1.97. The predicted octanol–water partition coefficient (Wildman–Crippen LogP) is 2.94. The Morgan fingerprint density at radius 3 is 2.65 bits per heavy atom. The molecule has 0 unspecified atom stereocenters. The molecule has 0 aliphatic carbocycles. The molecule has 3 heteroatoms. The quantitative estimate of drug-likeness (QED) is 0.787. The smallest absolute Gasteiger partial charge is 0.212 e. The van der Waals surface area contributed by atoms with Crippen LogP contribution in [0.4, 0.5) is 0 Å². The van der Waals surface area contributed by atoms with Crippen LogP contribution in [0.2, 0.25) is 0 Å². The number of aromatic nitrogens is 1. The first-order chi connectivity index (χ1) is 8.24. The average molecular weight is 224 g/mol. The lowest BCUT2D eigenvalue weighted by Crippen LogP contribution is -1.89. The van der Waals surface area contributed by atoms with Gasteiger partial charge in [0.1, 0.15) is 0 Å². The molecular weight excluding hydrogens is 212 g/mol. The molecule has 1 aromatic carbocycles. The van der Waals surface area contributed by atoms with Gasteiger partial charge in [-0.15, -0.1) is 0 Å². The third kappa shape index (κ3) is 2.26. The molecule has 0 spiro atoms. The zero-order valence-electron chi connectivity index (χ0n) is 9.77. The normalized spacial score (nSPS) is 9.71. The van der Waals surface area contributed by atoms with Crippen molar-refractivity contribution in [1.82, 2.24) is 4.98 Å².